The van der Waals surface area contributed by atoms with Crippen molar-refractivity contribution in [3.8, 4) is 0 Å². The van der Waals surface area contributed by atoms with E-state index in [1.165, 1.54) is 0 Å². The van der Waals surface area contributed by atoms with Gasteiger partial charge in [-0.2, -0.15) is 0 Å². The van der Waals surface area contributed by atoms with Gasteiger partial charge in [-0.05, 0) is 26.3 Å². The van der Waals surface area contributed by atoms with Crippen LogP contribution in [0.2, 0.25) is 0 Å². The second kappa shape index (κ2) is 6.86. The van der Waals surface area contributed by atoms with Crippen molar-refractivity contribution in [1.82, 2.24) is 15.5 Å². The monoisotopic (exact) mass is 275 g/mol. The van der Waals surface area contributed by atoms with Crippen LogP contribution in [0.15, 0.2) is 30.3 Å². The molecule has 2 N–H and O–H groups in total. The van der Waals surface area contributed by atoms with Gasteiger partial charge in [0, 0.05) is 25.2 Å². The van der Waals surface area contributed by atoms with Crippen LogP contribution in [0.3, 0.4) is 0 Å². The number of nitrogens with zero attached hydrogens (tertiary/aromatic N) is 1. The molecule has 20 heavy (non-hydrogen) atoms. The lowest BCUT2D eigenvalue weighted by molar-refractivity contribution is -0.123. The van der Waals surface area contributed by atoms with Crippen molar-refractivity contribution in [2.45, 2.75) is 38.9 Å². The van der Waals surface area contributed by atoms with Crippen LogP contribution in [-0.2, 0) is 4.79 Å². The van der Waals surface area contributed by atoms with Crippen molar-refractivity contribution in [1.29, 1.82) is 0 Å². The summed E-state index contributed by atoms with van der Waals surface area (Å²) < 4.78 is 0. The molecule has 1 heterocycles. The summed E-state index contributed by atoms with van der Waals surface area (Å²) in [5.41, 5.74) is 1.14. The largest absolute Gasteiger partial charge is 0.348 e. The van der Waals surface area contributed by atoms with E-state index in [0.717, 1.165) is 18.7 Å². The van der Waals surface area contributed by atoms with E-state index in [4.69, 9.17) is 0 Å². The highest BCUT2D eigenvalue weighted by molar-refractivity contribution is 5.78. The molecule has 0 aromatic heterocycles. The van der Waals surface area contributed by atoms with Gasteiger partial charge in [0.1, 0.15) is 0 Å². The first-order valence-corrected chi connectivity index (χ1v) is 7.37. The number of rotatable bonds is 4. The molecule has 0 spiro atoms. The Morgan fingerprint density at radius 1 is 1.30 bits per heavy atom. The van der Waals surface area contributed by atoms with Crippen molar-refractivity contribution in [3.05, 3.63) is 35.9 Å². The molecule has 110 valence electrons. The third-order valence-corrected chi connectivity index (χ3v) is 3.68. The van der Waals surface area contributed by atoms with Crippen LogP contribution in [0.4, 0.5) is 0 Å². The number of hydrogen-bond donors (Lipinski definition) is 2. The Hall–Kier alpha value is -1.39. The number of carbonyl (C=O) groups excluding carboxylic acids is 1. The highest BCUT2D eigenvalue weighted by Crippen LogP contribution is 2.11. The average Bonchev–Trinajstić information content (AvgIpc) is 2.38. The topological polar surface area (TPSA) is 44.4 Å². The van der Waals surface area contributed by atoms with Gasteiger partial charge in [0.2, 0.25) is 5.91 Å². The zero-order valence-electron chi connectivity index (χ0n) is 12.6. The normalized spacial score (nSPS) is 25.1. The van der Waals surface area contributed by atoms with Gasteiger partial charge in [-0.3, -0.25) is 9.69 Å². The molecule has 3 unspecified atom stereocenters. The summed E-state index contributed by atoms with van der Waals surface area (Å²) in [4.78, 5) is 14.4. The Morgan fingerprint density at radius 2 is 1.90 bits per heavy atom. The lowest BCUT2D eigenvalue weighted by atomic mass is 10.1. The van der Waals surface area contributed by atoms with E-state index in [9.17, 15) is 4.79 Å². The second-order valence-electron chi connectivity index (χ2n) is 5.86. The lowest BCUT2D eigenvalue weighted by Gasteiger charge is -2.35. The first kappa shape index (κ1) is 15.0. The van der Waals surface area contributed by atoms with E-state index in [-0.39, 0.29) is 11.9 Å². The highest BCUT2D eigenvalue weighted by atomic mass is 16.2. The standard InChI is InChI=1S/C16H25N3O/c1-12-9-19(10-13(2)17-12)11-16(20)18-14(3)15-7-5-4-6-8-15/h4-8,12-14,17H,9-11H2,1-3H3,(H,18,20). The minimum absolute atomic E-state index is 0.0569. The fourth-order valence-electron chi connectivity index (χ4n) is 2.88. The summed E-state index contributed by atoms with van der Waals surface area (Å²) in [6, 6.07) is 11.0. The van der Waals surface area contributed by atoms with Gasteiger partial charge in [-0.25, -0.2) is 0 Å². The molecule has 4 nitrogen and oxygen atoms in total. The van der Waals surface area contributed by atoms with Crippen LogP contribution >= 0.6 is 0 Å². The smallest absolute Gasteiger partial charge is 0.234 e. The van der Waals surface area contributed by atoms with E-state index in [1.54, 1.807) is 0 Å². The molecular formula is C16H25N3O. The van der Waals surface area contributed by atoms with Gasteiger partial charge in [0.15, 0.2) is 0 Å². The molecule has 0 bridgehead atoms. The summed E-state index contributed by atoms with van der Waals surface area (Å²) in [6.07, 6.45) is 0. The van der Waals surface area contributed by atoms with Crippen molar-refractivity contribution in [3.63, 3.8) is 0 Å². The third kappa shape index (κ3) is 4.32. The van der Waals surface area contributed by atoms with Crippen LogP contribution in [0, 0.1) is 0 Å². The Kier molecular flexibility index (Phi) is 5.15. The van der Waals surface area contributed by atoms with Crippen LogP contribution in [-0.4, -0.2) is 42.5 Å². The maximum Gasteiger partial charge on any atom is 0.234 e. The van der Waals surface area contributed by atoms with E-state index < -0.39 is 0 Å². The van der Waals surface area contributed by atoms with Gasteiger partial charge >= 0.3 is 0 Å². The minimum Gasteiger partial charge on any atom is -0.348 e. The Morgan fingerprint density at radius 3 is 2.50 bits per heavy atom. The maximum atomic E-state index is 12.1. The zero-order chi connectivity index (χ0) is 14.5. The van der Waals surface area contributed by atoms with Gasteiger partial charge in [0.05, 0.1) is 12.6 Å². The predicted molar refractivity (Wildman–Crippen MR) is 81.5 cm³/mol. The van der Waals surface area contributed by atoms with E-state index in [2.05, 4.69) is 29.4 Å². The maximum absolute atomic E-state index is 12.1. The number of carbonyl (C=O) groups is 1. The SMILES string of the molecule is CC1CN(CC(=O)NC(C)c2ccccc2)CC(C)N1. The Labute approximate surface area is 121 Å². The van der Waals surface area contributed by atoms with Crippen molar-refractivity contribution in [2.75, 3.05) is 19.6 Å². The van der Waals surface area contributed by atoms with Gasteiger partial charge < -0.3 is 10.6 Å². The van der Waals surface area contributed by atoms with Gasteiger partial charge in [-0.15, -0.1) is 0 Å². The third-order valence-electron chi connectivity index (χ3n) is 3.68. The highest BCUT2D eigenvalue weighted by Gasteiger charge is 2.22. The van der Waals surface area contributed by atoms with Crippen LogP contribution < -0.4 is 10.6 Å². The fraction of sp³-hybridized carbons (Fsp3) is 0.562. The quantitative estimate of drug-likeness (QED) is 0.876. The van der Waals surface area contributed by atoms with E-state index >= 15 is 0 Å². The van der Waals surface area contributed by atoms with Crippen molar-refractivity contribution in [2.24, 2.45) is 0 Å². The molecule has 0 radical (unpaired) electrons. The molecule has 1 saturated heterocycles. The fourth-order valence-corrected chi connectivity index (χ4v) is 2.88. The molecule has 1 aromatic rings. The molecule has 1 amide bonds. The molecule has 0 aliphatic carbocycles. The second-order valence-corrected chi connectivity index (χ2v) is 5.86. The first-order chi connectivity index (χ1) is 9.54. The van der Waals surface area contributed by atoms with Gasteiger partial charge in [-0.1, -0.05) is 30.3 Å². The summed E-state index contributed by atoms with van der Waals surface area (Å²) >= 11 is 0. The van der Waals surface area contributed by atoms with Gasteiger partial charge in [0.25, 0.3) is 0 Å². The molecular weight excluding hydrogens is 250 g/mol. The predicted octanol–water partition coefficient (Wildman–Crippen LogP) is 1.55. The average molecular weight is 275 g/mol. The summed E-state index contributed by atoms with van der Waals surface area (Å²) in [5.74, 6) is 0.0997. The summed E-state index contributed by atoms with van der Waals surface area (Å²) in [6.45, 7) is 8.68. The van der Waals surface area contributed by atoms with E-state index in [1.807, 2.05) is 37.3 Å². The molecule has 0 saturated carbocycles. The molecule has 1 aliphatic rings. The molecule has 1 aliphatic heterocycles. The van der Waals surface area contributed by atoms with Crippen molar-refractivity contribution >= 4 is 5.91 Å². The Bertz CT molecular complexity index is 425. The molecule has 3 atom stereocenters. The minimum atomic E-state index is 0.0569. The first-order valence-electron chi connectivity index (χ1n) is 7.37. The number of amides is 1. The van der Waals surface area contributed by atoms with Crippen LogP contribution in [0.1, 0.15) is 32.4 Å². The summed E-state index contributed by atoms with van der Waals surface area (Å²) in [5, 5.41) is 6.55. The summed E-state index contributed by atoms with van der Waals surface area (Å²) in [7, 11) is 0. The zero-order valence-corrected chi connectivity index (χ0v) is 12.6. The number of nitrogens with one attached hydrogen (secondary N) is 2. The molecule has 1 aromatic carbocycles. The van der Waals surface area contributed by atoms with E-state index in [0.29, 0.717) is 18.6 Å². The van der Waals surface area contributed by atoms with Crippen LogP contribution in [0.25, 0.3) is 0 Å². The number of benzene rings is 1. The number of hydrogen-bond acceptors (Lipinski definition) is 3. The molecule has 4 heteroatoms. The molecule has 1 fully saturated rings. The molecule has 2 rings (SSSR count). The van der Waals surface area contributed by atoms with Crippen molar-refractivity contribution < 1.29 is 4.79 Å². The van der Waals surface area contributed by atoms with Crippen LogP contribution in [0.5, 0.6) is 0 Å². The Balaban J connectivity index is 1.83. The number of piperazine rings is 1. The lowest BCUT2D eigenvalue weighted by Crippen LogP contribution is -2.56.